The van der Waals surface area contributed by atoms with Gasteiger partial charge in [0.15, 0.2) is 5.11 Å². The first kappa shape index (κ1) is 15.3. The molecule has 0 fully saturated rings. The SMILES string of the molecule is CCNC(=S)N/N=C(/C)c1ccc(Cl)c([N+](=O)[O-])c1. The third-order valence-electron chi connectivity index (χ3n) is 2.22. The average Bonchev–Trinajstić information content (AvgIpc) is 2.36. The highest BCUT2D eigenvalue weighted by Gasteiger charge is 2.13. The molecule has 0 heterocycles. The number of nitrogens with zero attached hydrogens (tertiary/aromatic N) is 2. The fraction of sp³-hybridized carbons (Fsp3) is 0.273. The molecule has 0 radical (unpaired) electrons. The number of rotatable bonds is 4. The fourth-order valence-electron chi connectivity index (χ4n) is 1.28. The zero-order valence-corrected chi connectivity index (χ0v) is 12.0. The molecule has 1 aromatic rings. The molecule has 0 atom stereocenters. The van der Waals surface area contributed by atoms with E-state index in [1.54, 1.807) is 13.0 Å². The van der Waals surface area contributed by atoms with Crippen molar-refractivity contribution in [1.29, 1.82) is 0 Å². The van der Waals surface area contributed by atoms with E-state index in [1.807, 2.05) is 6.92 Å². The molecular formula is C11H13ClN4O2S. The minimum absolute atomic E-state index is 0.0951. The highest BCUT2D eigenvalue weighted by atomic mass is 35.5. The summed E-state index contributed by atoms with van der Waals surface area (Å²) in [6, 6.07) is 4.50. The first-order valence-corrected chi connectivity index (χ1v) is 6.26. The summed E-state index contributed by atoms with van der Waals surface area (Å²) in [7, 11) is 0. The Morgan fingerprint density at radius 3 is 2.84 bits per heavy atom. The van der Waals surface area contributed by atoms with Crippen LogP contribution in [-0.4, -0.2) is 22.3 Å². The molecule has 6 nitrogen and oxygen atoms in total. The Morgan fingerprint density at radius 1 is 1.58 bits per heavy atom. The van der Waals surface area contributed by atoms with E-state index in [4.69, 9.17) is 23.8 Å². The molecule has 0 aliphatic carbocycles. The maximum atomic E-state index is 10.8. The first-order valence-electron chi connectivity index (χ1n) is 5.48. The number of nitro benzene ring substituents is 1. The summed E-state index contributed by atoms with van der Waals surface area (Å²) in [5.41, 5.74) is 3.67. The van der Waals surface area contributed by atoms with Crippen LogP contribution < -0.4 is 10.7 Å². The van der Waals surface area contributed by atoms with Crippen LogP contribution >= 0.6 is 23.8 Å². The van der Waals surface area contributed by atoms with E-state index in [9.17, 15) is 10.1 Å². The molecule has 102 valence electrons. The van der Waals surface area contributed by atoms with Crippen LogP contribution in [0.5, 0.6) is 0 Å². The quantitative estimate of drug-likeness (QED) is 0.386. The van der Waals surface area contributed by atoms with Crippen LogP contribution in [0.15, 0.2) is 23.3 Å². The molecule has 0 aliphatic rings. The molecule has 0 aliphatic heterocycles. The minimum Gasteiger partial charge on any atom is -0.362 e. The first-order chi connectivity index (χ1) is 8.95. The molecule has 0 unspecified atom stereocenters. The number of benzene rings is 1. The van der Waals surface area contributed by atoms with Gasteiger partial charge < -0.3 is 5.32 Å². The van der Waals surface area contributed by atoms with Crippen molar-refractivity contribution < 1.29 is 4.92 Å². The Balaban J connectivity index is 2.91. The number of halogens is 1. The van der Waals surface area contributed by atoms with Crippen LogP contribution in [0, 0.1) is 10.1 Å². The van der Waals surface area contributed by atoms with Crippen molar-refractivity contribution in [1.82, 2.24) is 10.7 Å². The standard InChI is InChI=1S/C11H13ClN4O2S/c1-3-13-11(19)15-14-7(2)8-4-5-9(12)10(6-8)16(17)18/h4-6H,3H2,1-2H3,(H2,13,15,19)/b14-7-. The van der Waals surface area contributed by atoms with E-state index < -0.39 is 4.92 Å². The molecule has 0 bridgehead atoms. The van der Waals surface area contributed by atoms with Gasteiger partial charge in [-0.3, -0.25) is 15.5 Å². The van der Waals surface area contributed by atoms with Crippen molar-refractivity contribution in [3.8, 4) is 0 Å². The lowest BCUT2D eigenvalue weighted by Gasteiger charge is -2.06. The predicted octanol–water partition coefficient (Wildman–Crippen LogP) is 2.46. The van der Waals surface area contributed by atoms with Gasteiger partial charge >= 0.3 is 0 Å². The van der Waals surface area contributed by atoms with Gasteiger partial charge in [0, 0.05) is 18.2 Å². The van der Waals surface area contributed by atoms with Gasteiger partial charge in [-0.25, -0.2) is 0 Å². The smallest absolute Gasteiger partial charge is 0.288 e. The van der Waals surface area contributed by atoms with Crippen LogP contribution in [0.1, 0.15) is 19.4 Å². The second kappa shape index (κ2) is 7.01. The Morgan fingerprint density at radius 2 is 2.26 bits per heavy atom. The monoisotopic (exact) mass is 300 g/mol. The molecule has 0 amide bonds. The molecule has 2 N–H and O–H groups in total. The summed E-state index contributed by atoms with van der Waals surface area (Å²) in [6.07, 6.45) is 0. The van der Waals surface area contributed by atoms with Gasteiger partial charge in [0.25, 0.3) is 5.69 Å². The number of hydrogen-bond donors (Lipinski definition) is 2. The maximum absolute atomic E-state index is 10.8. The molecule has 0 aromatic heterocycles. The van der Waals surface area contributed by atoms with Crippen LogP contribution in [0.3, 0.4) is 0 Å². The summed E-state index contributed by atoms with van der Waals surface area (Å²) < 4.78 is 0. The number of hydrogen-bond acceptors (Lipinski definition) is 4. The van der Waals surface area contributed by atoms with Crippen molar-refractivity contribution in [2.75, 3.05) is 6.54 Å². The topological polar surface area (TPSA) is 79.6 Å². The lowest BCUT2D eigenvalue weighted by Crippen LogP contribution is -2.32. The van der Waals surface area contributed by atoms with E-state index in [2.05, 4.69) is 15.8 Å². The molecule has 19 heavy (non-hydrogen) atoms. The van der Waals surface area contributed by atoms with Crippen LogP contribution in [0.4, 0.5) is 5.69 Å². The van der Waals surface area contributed by atoms with E-state index in [1.165, 1.54) is 12.1 Å². The van der Waals surface area contributed by atoms with E-state index >= 15 is 0 Å². The zero-order chi connectivity index (χ0) is 14.4. The van der Waals surface area contributed by atoms with Gasteiger partial charge in [-0.15, -0.1) is 0 Å². The van der Waals surface area contributed by atoms with Gasteiger partial charge in [-0.1, -0.05) is 17.7 Å². The van der Waals surface area contributed by atoms with Gasteiger partial charge in [-0.05, 0) is 32.1 Å². The Labute approximate surface area is 121 Å². The summed E-state index contributed by atoms with van der Waals surface area (Å²) in [5, 5.41) is 18.2. The van der Waals surface area contributed by atoms with Gasteiger partial charge in [0.1, 0.15) is 5.02 Å². The molecule has 8 heteroatoms. The molecule has 0 saturated heterocycles. The summed E-state index contributed by atoms with van der Waals surface area (Å²) in [6.45, 7) is 4.31. The number of thiocarbonyl (C=S) groups is 1. The van der Waals surface area contributed by atoms with Gasteiger partial charge in [0.2, 0.25) is 0 Å². The Bertz CT molecular complexity index is 533. The largest absolute Gasteiger partial charge is 0.362 e. The highest BCUT2D eigenvalue weighted by molar-refractivity contribution is 7.80. The minimum atomic E-state index is -0.532. The van der Waals surface area contributed by atoms with Crippen molar-refractivity contribution >= 4 is 40.3 Å². The van der Waals surface area contributed by atoms with Crippen LogP contribution in [0.2, 0.25) is 5.02 Å². The third-order valence-corrected chi connectivity index (χ3v) is 2.78. The average molecular weight is 301 g/mol. The van der Waals surface area contributed by atoms with Crippen molar-refractivity contribution in [3.05, 3.63) is 38.9 Å². The predicted molar refractivity (Wildman–Crippen MR) is 79.7 cm³/mol. The molecule has 1 aromatic carbocycles. The molecule has 0 saturated carbocycles. The summed E-state index contributed by atoms with van der Waals surface area (Å²) in [5.74, 6) is 0. The van der Waals surface area contributed by atoms with Gasteiger partial charge in [-0.2, -0.15) is 5.10 Å². The maximum Gasteiger partial charge on any atom is 0.288 e. The van der Waals surface area contributed by atoms with Crippen LogP contribution in [0.25, 0.3) is 0 Å². The third kappa shape index (κ3) is 4.46. The second-order valence-corrected chi connectivity index (χ2v) is 4.41. The normalized spacial score (nSPS) is 11.0. The molecule has 0 spiro atoms. The van der Waals surface area contributed by atoms with Crippen molar-refractivity contribution in [2.24, 2.45) is 5.10 Å². The van der Waals surface area contributed by atoms with E-state index in [0.29, 0.717) is 22.9 Å². The fourth-order valence-corrected chi connectivity index (χ4v) is 1.65. The van der Waals surface area contributed by atoms with Crippen molar-refractivity contribution in [3.63, 3.8) is 0 Å². The zero-order valence-electron chi connectivity index (χ0n) is 10.4. The lowest BCUT2D eigenvalue weighted by atomic mass is 10.1. The lowest BCUT2D eigenvalue weighted by molar-refractivity contribution is -0.384. The summed E-state index contributed by atoms with van der Waals surface area (Å²) >= 11 is 10.7. The number of nitro groups is 1. The Kier molecular flexibility index (Phi) is 5.65. The molecule has 1 rings (SSSR count). The van der Waals surface area contributed by atoms with E-state index in [0.717, 1.165) is 0 Å². The van der Waals surface area contributed by atoms with Crippen LogP contribution in [-0.2, 0) is 0 Å². The van der Waals surface area contributed by atoms with Gasteiger partial charge in [0.05, 0.1) is 10.6 Å². The Hall–Kier alpha value is -1.73. The number of hydrazone groups is 1. The summed E-state index contributed by atoms with van der Waals surface area (Å²) in [4.78, 5) is 10.3. The highest BCUT2D eigenvalue weighted by Crippen LogP contribution is 2.25. The second-order valence-electron chi connectivity index (χ2n) is 3.59. The molecular weight excluding hydrogens is 288 g/mol. The number of nitrogens with one attached hydrogen (secondary N) is 2. The van der Waals surface area contributed by atoms with Crippen molar-refractivity contribution in [2.45, 2.75) is 13.8 Å². The van der Waals surface area contributed by atoms with E-state index in [-0.39, 0.29) is 10.7 Å².